The van der Waals surface area contributed by atoms with Crippen LogP contribution in [0.25, 0.3) is 38.2 Å². The predicted octanol–water partition coefficient (Wildman–Crippen LogP) is 8.18. The van der Waals surface area contributed by atoms with E-state index in [2.05, 4.69) is 16.4 Å². The highest BCUT2D eigenvalue weighted by Crippen LogP contribution is 2.32. The number of thiazole rings is 1. The Balaban J connectivity index is 1.24. The van der Waals surface area contributed by atoms with Gasteiger partial charge in [-0.2, -0.15) is 0 Å². The SMILES string of the molecule is O=C(/C=C\c1ccc(-c2ccc(Cl)cc2Cl)o1)Nc1ccc(-c2nc3ccccc3s2)cc1. The molecule has 1 N–H and O–H groups in total. The van der Waals surface area contributed by atoms with Crippen LogP contribution < -0.4 is 5.32 Å². The number of hydrogen-bond donors (Lipinski definition) is 1. The normalized spacial score (nSPS) is 11.3. The molecule has 0 unspecified atom stereocenters. The van der Waals surface area contributed by atoms with Crippen molar-refractivity contribution in [2.75, 3.05) is 5.32 Å². The van der Waals surface area contributed by atoms with Gasteiger partial charge in [-0.1, -0.05) is 35.3 Å². The topological polar surface area (TPSA) is 55.1 Å². The highest BCUT2D eigenvalue weighted by molar-refractivity contribution is 7.21. The summed E-state index contributed by atoms with van der Waals surface area (Å²) in [5.41, 5.74) is 3.43. The summed E-state index contributed by atoms with van der Waals surface area (Å²) in [7, 11) is 0. The Kier molecular flexibility index (Phi) is 6.01. The van der Waals surface area contributed by atoms with E-state index in [9.17, 15) is 4.79 Å². The number of carbonyl (C=O) groups excluding carboxylic acids is 1. The standard InChI is InChI=1S/C26H16Cl2N2O2S/c27-17-7-12-20(21(28)15-17)23-13-10-19(32-23)11-14-25(31)29-18-8-5-16(6-9-18)26-30-22-3-1-2-4-24(22)33-26/h1-15H,(H,29,31)/b14-11-. The van der Waals surface area contributed by atoms with E-state index in [0.717, 1.165) is 26.4 Å². The fraction of sp³-hybridized carbons (Fsp3) is 0. The minimum Gasteiger partial charge on any atom is -0.457 e. The molecule has 5 aromatic rings. The number of benzene rings is 3. The molecule has 2 aromatic heterocycles. The zero-order valence-corrected chi connectivity index (χ0v) is 19.4. The first-order chi connectivity index (χ1) is 16.0. The van der Waals surface area contributed by atoms with Gasteiger partial charge < -0.3 is 9.73 Å². The molecule has 0 saturated heterocycles. The molecule has 0 aliphatic carbocycles. The molecule has 0 bridgehead atoms. The molecule has 0 spiro atoms. The molecule has 4 nitrogen and oxygen atoms in total. The van der Waals surface area contributed by atoms with Gasteiger partial charge in [-0.05, 0) is 72.8 Å². The summed E-state index contributed by atoms with van der Waals surface area (Å²) in [5, 5.41) is 4.85. The Morgan fingerprint density at radius 1 is 0.970 bits per heavy atom. The Morgan fingerprint density at radius 2 is 1.79 bits per heavy atom. The minimum absolute atomic E-state index is 0.259. The van der Waals surface area contributed by atoms with Crippen LogP contribution in [0.2, 0.25) is 10.0 Å². The van der Waals surface area contributed by atoms with E-state index in [1.54, 1.807) is 47.7 Å². The lowest BCUT2D eigenvalue weighted by atomic mass is 10.2. The Bertz CT molecular complexity index is 1450. The van der Waals surface area contributed by atoms with Gasteiger partial charge in [-0.3, -0.25) is 4.79 Å². The molecule has 0 radical (unpaired) electrons. The van der Waals surface area contributed by atoms with Crippen LogP contribution in [0.4, 0.5) is 5.69 Å². The molecule has 33 heavy (non-hydrogen) atoms. The summed E-state index contributed by atoms with van der Waals surface area (Å²) >= 11 is 13.8. The molecule has 0 fully saturated rings. The molecular formula is C26H16Cl2N2O2S. The number of amides is 1. The average molecular weight is 491 g/mol. The van der Waals surface area contributed by atoms with E-state index < -0.39 is 0 Å². The van der Waals surface area contributed by atoms with Gasteiger partial charge in [0.25, 0.3) is 0 Å². The number of para-hydroxylation sites is 1. The maximum Gasteiger partial charge on any atom is 0.248 e. The van der Waals surface area contributed by atoms with E-state index in [0.29, 0.717) is 27.3 Å². The number of nitrogens with one attached hydrogen (secondary N) is 1. The highest BCUT2D eigenvalue weighted by Gasteiger charge is 2.09. The van der Waals surface area contributed by atoms with Crippen LogP contribution >= 0.6 is 34.5 Å². The number of halogens is 2. The largest absolute Gasteiger partial charge is 0.457 e. The van der Waals surface area contributed by atoms with Gasteiger partial charge in [0.1, 0.15) is 16.5 Å². The van der Waals surface area contributed by atoms with Crippen molar-refractivity contribution in [3.8, 4) is 21.9 Å². The Labute approximate surface area is 204 Å². The lowest BCUT2D eigenvalue weighted by Crippen LogP contribution is -2.07. The number of anilines is 1. The van der Waals surface area contributed by atoms with Gasteiger partial charge >= 0.3 is 0 Å². The van der Waals surface area contributed by atoms with Gasteiger partial charge in [0, 0.05) is 27.9 Å². The maximum absolute atomic E-state index is 12.3. The zero-order chi connectivity index (χ0) is 22.8. The number of carbonyl (C=O) groups is 1. The third-order valence-corrected chi connectivity index (χ3v) is 6.55. The van der Waals surface area contributed by atoms with Crippen LogP contribution in [0.3, 0.4) is 0 Å². The van der Waals surface area contributed by atoms with Crippen molar-refractivity contribution in [2.45, 2.75) is 0 Å². The number of fused-ring (bicyclic) bond motifs is 1. The lowest BCUT2D eigenvalue weighted by Gasteiger charge is -2.03. The number of aromatic nitrogens is 1. The van der Waals surface area contributed by atoms with Crippen LogP contribution in [0.1, 0.15) is 5.76 Å². The van der Waals surface area contributed by atoms with Crippen molar-refractivity contribution in [3.63, 3.8) is 0 Å². The summed E-state index contributed by atoms with van der Waals surface area (Å²) in [4.78, 5) is 17.0. The van der Waals surface area contributed by atoms with Gasteiger partial charge in [0.2, 0.25) is 5.91 Å². The average Bonchev–Trinajstić information content (AvgIpc) is 3.45. The second-order valence-corrected chi connectivity index (χ2v) is 9.09. The van der Waals surface area contributed by atoms with E-state index in [1.165, 1.54) is 6.08 Å². The van der Waals surface area contributed by atoms with Crippen LogP contribution in [-0.4, -0.2) is 10.9 Å². The van der Waals surface area contributed by atoms with E-state index in [1.807, 2.05) is 42.5 Å². The monoisotopic (exact) mass is 490 g/mol. The van der Waals surface area contributed by atoms with Gasteiger partial charge in [0.15, 0.2) is 0 Å². The summed E-state index contributed by atoms with van der Waals surface area (Å²) < 4.78 is 6.93. The highest BCUT2D eigenvalue weighted by atomic mass is 35.5. The smallest absolute Gasteiger partial charge is 0.248 e. The summed E-state index contributed by atoms with van der Waals surface area (Å²) in [6, 6.07) is 24.4. The summed E-state index contributed by atoms with van der Waals surface area (Å²) in [6.07, 6.45) is 3.03. The third-order valence-electron chi connectivity index (χ3n) is 4.92. The molecule has 7 heteroatoms. The second kappa shape index (κ2) is 9.24. The quantitative estimate of drug-likeness (QED) is 0.252. The van der Waals surface area contributed by atoms with Crippen LogP contribution in [0.15, 0.2) is 89.4 Å². The number of rotatable bonds is 5. The molecule has 0 aliphatic heterocycles. The maximum atomic E-state index is 12.3. The van der Waals surface area contributed by atoms with Crippen molar-refractivity contribution in [3.05, 3.63) is 101 Å². The first-order valence-corrected chi connectivity index (χ1v) is 11.6. The number of nitrogens with zero attached hydrogens (tertiary/aromatic N) is 1. The first kappa shape index (κ1) is 21.5. The molecule has 162 valence electrons. The van der Waals surface area contributed by atoms with Crippen molar-refractivity contribution in [2.24, 2.45) is 0 Å². The minimum atomic E-state index is -0.259. The zero-order valence-electron chi connectivity index (χ0n) is 17.1. The third kappa shape index (κ3) is 4.86. The van der Waals surface area contributed by atoms with Crippen molar-refractivity contribution in [1.82, 2.24) is 4.98 Å². The lowest BCUT2D eigenvalue weighted by molar-refractivity contribution is -0.111. The van der Waals surface area contributed by atoms with E-state index >= 15 is 0 Å². The summed E-state index contributed by atoms with van der Waals surface area (Å²) in [5.74, 6) is 0.879. The van der Waals surface area contributed by atoms with Crippen molar-refractivity contribution in [1.29, 1.82) is 0 Å². The molecule has 5 rings (SSSR count). The van der Waals surface area contributed by atoms with Crippen molar-refractivity contribution >= 4 is 62.4 Å². The van der Waals surface area contributed by atoms with Crippen LogP contribution in [0, 0.1) is 0 Å². The number of furan rings is 1. The molecule has 1 amide bonds. The van der Waals surface area contributed by atoms with Gasteiger partial charge in [0.05, 0.1) is 15.2 Å². The fourth-order valence-electron chi connectivity index (χ4n) is 3.31. The van der Waals surface area contributed by atoms with E-state index in [-0.39, 0.29) is 5.91 Å². The second-order valence-electron chi connectivity index (χ2n) is 7.21. The van der Waals surface area contributed by atoms with Crippen LogP contribution in [0.5, 0.6) is 0 Å². The first-order valence-electron chi connectivity index (χ1n) is 10.1. The Morgan fingerprint density at radius 3 is 2.58 bits per heavy atom. The molecule has 0 saturated carbocycles. The van der Waals surface area contributed by atoms with E-state index in [4.69, 9.17) is 27.6 Å². The molecular weight excluding hydrogens is 475 g/mol. The Hall–Kier alpha value is -3.38. The molecule has 0 aliphatic rings. The summed E-state index contributed by atoms with van der Waals surface area (Å²) in [6.45, 7) is 0. The van der Waals surface area contributed by atoms with Gasteiger partial charge in [-0.15, -0.1) is 11.3 Å². The van der Waals surface area contributed by atoms with Gasteiger partial charge in [-0.25, -0.2) is 4.98 Å². The molecule has 0 atom stereocenters. The number of hydrogen-bond acceptors (Lipinski definition) is 4. The van der Waals surface area contributed by atoms with Crippen LogP contribution in [-0.2, 0) is 4.79 Å². The van der Waals surface area contributed by atoms with Crippen molar-refractivity contribution < 1.29 is 9.21 Å². The molecule has 2 heterocycles. The molecule has 3 aromatic carbocycles. The predicted molar refractivity (Wildman–Crippen MR) is 137 cm³/mol. The fourth-order valence-corrected chi connectivity index (χ4v) is 4.78.